The predicted octanol–water partition coefficient (Wildman–Crippen LogP) is 7.89. The normalized spacial score (nSPS) is 18.1. The van der Waals surface area contributed by atoms with E-state index in [-0.39, 0.29) is 18.1 Å². The van der Waals surface area contributed by atoms with Crippen molar-refractivity contribution in [1.82, 2.24) is 9.62 Å². The molecule has 3 atom stereocenters. The Morgan fingerprint density at radius 2 is 1.50 bits per heavy atom. The van der Waals surface area contributed by atoms with Crippen LogP contribution in [0.1, 0.15) is 109 Å². The molecule has 11 heteroatoms. The summed E-state index contributed by atoms with van der Waals surface area (Å²) in [5, 5.41) is 21.4. The topological polar surface area (TPSA) is 141 Å². The van der Waals surface area contributed by atoms with Crippen molar-refractivity contribution in [2.45, 2.75) is 115 Å². The van der Waals surface area contributed by atoms with Crippen LogP contribution in [0.3, 0.4) is 0 Å². The zero-order valence-corrected chi connectivity index (χ0v) is 31.7. The second-order valence-electron chi connectivity index (χ2n) is 13.6. The largest absolute Gasteiger partial charge is 0.479 e. The number of amides is 2. The van der Waals surface area contributed by atoms with E-state index in [4.69, 9.17) is 0 Å². The second-order valence-corrected chi connectivity index (χ2v) is 16.7. The van der Waals surface area contributed by atoms with Gasteiger partial charge in [-0.1, -0.05) is 139 Å². The number of carbonyl (C=O) groups is 3. The SMILES string of the molecule is CCCCCCNS(=O)(=O)CCCCCCC=C[C@H](C(=O)N1C(=O)SC(c2ccccc2)(c2ccccc2)C1C(C)C)[C@@](O)(CCC)C(=O)O. The number of carbonyl (C=O) groups excluding carboxylic acids is 2. The number of sulfonamides is 1. The average molecular weight is 729 g/mol. The van der Waals surface area contributed by atoms with Gasteiger partial charge in [0.25, 0.3) is 5.24 Å². The van der Waals surface area contributed by atoms with Crippen LogP contribution in [0, 0.1) is 11.8 Å². The highest BCUT2D eigenvalue weighted by molar-refractivity contribution is 8.15. The van der Waals surface area contributed by atoms with Crippen molar-refractivity contribution in [2.75, 3.05) is 12.3 Å². The molecule has 0 aliphatic carbocycles. The van der Waals surface area contributed by atoms with E-state index in [0.29, 0.717) is 38.6 Å². The quantitative estimate of drug-likeness (QED) is 0.0822. The van der Waals surface area contributed by atoms with Crippen molar-refractivity contribution in [3.05, 3.63) is 83.9 Å². The number of benzene rings is 2. The van der Waals surface area contributed by atoms with Crippen molar-refractivity contribution < 1.29 is 33.0 Å². The van der Waals surface area contributed by atoms with E-state index < -0.39 is 49.4 Å². The highest BCUT2D eigenvalue weighted by Gasteiger charge is 2.60. The van der Waals surface area contributed by atoms with Crippen LogP contribution in [0.4, 0.5) is 4.79 Å². The van der Waals surface area contributed by atoms with E-state index in [0.717, 1.165) is 55.0 Å². The number of hydrogen-bond acceptors (Lipinski definition) is 7. The molecule has 276 valence electrons. The summed E-state index contributed by atoms with van der Waals surface area (Å²) in [7, 11) is -3.30. The Bertz CT molecular complexity index is 1480. The number of aliphatic hydroxyl groups is 1. The smallest absolute Gasteiger partial charge is 0.336 e. The predicted molar refractivity (Wildman–Crippen MR) is 201 cm³/mol. The number of carboxylic acid groups (broad SMARTS) is 1. The fourth-order valence-corrected chi connectivity index (χ4v) is 9.67. The molecule has 1 aliphatic rings. The molecule has 1 saturated heterocycles. The zero-order valence-electron chi connectivity index (χ0n) is 30.1. The zero-order chi connectivity index (χ0) is 36.8. The number of hydrogen-bond donors (Lipinski definition) is 3. The number of allylic oxidation sites excluding steroid dienone is 1. The summed E-state index contributed by atoms with van der Waals surface area (Å²) in [6.07, 6.45) is 10.5. The van der Waals surface area contributed by atoms with Gasteiger partial charge < -0.3 is 10.2 Å². The van der Waals surface area contributed by atoms with Crippen LogP contribution in [0.15, 0.2) is 72.8 Å². The van der Waals surface area contributed by atoms with Gasteiger partial charge in [-0.3, -0.25) is 14.5 Å². The van der Waals surface area contributed by atoms with Gasteiger partial charge >= 0.3 is 5.97 Å². The maximum atomic E-state index is 14.6. The molecule has 2 aromatic rings. The van der Waals surface area contributed by atoms with Gasteiger partial charge in [-0.2, -0.15) is 0 Å². The summed E-state index contributed by atoms with van der Waals surface area (Å²) in [6.45, 7) is 8.21. The third kappa shape index (κ3) is 10.3. The molecule has 1 aliphatic heterocycles. The molecule has 0 aromatic heterocycles. The fraction of sp³-hybridized carbons (Fsp3) is 0.564. The number of carboxylic acids is 1. The third-order valence-electron chi connectivity index (χ3n) is 9.41. The highest BCUT2D eigenvalue weighted by Crippen LogP contribution is 2.56. The minimum atomic E-state index is -3.30. The first kappa shape index (κ1) is 41.4. The standard InChI is InChI=1S/C39H56N2O7S2/c1-5-7-8-20-28-40-50(47,48)29-21-12-10-9-11-19-26-33(38(46,27-6-2)36(43)44)35(42)41-34(30(3)4)39(49-37(41)45,31-22-15-13-16-23-31)32-24-17-14-18-25-32/h13-19,22-26,30,33-34,40,46H,5-12,20-21,27-29H2,1-4H3,(H,43,44)/t33-,34?,38+/m1/s1. The first-order chi connectivity index (χ1) is 23.9. The molecule has 0 radical (unpaired) electrons. The van der Waals surface area contributed by atoms with Crippen LogP contribution in [0.2, 0.25) is 0 Å². The van der Waals surface area contributed by atoms with Gasteiger partial charge in [-0.05, 0) is 60.9 Å². The van der Waals surface area contributed by atoms with Crippen LogP contribution in [-0.4, -0.2) is 64.6 Å². The minimum absolute atomic E-state index is 0.0716. The van der Waals surface area contributed by atoms with E-state index in [9.17, 15) is 33.0 Å². The van der Waals surface area contributed by atoms with Gasteiger partial charge in [0.05, 0.1) is 22.5 Å². The number of nitrogens with zero attached hydrogens (tertiary/aromatic N) is 1. The Hall–Kier alpha value is -2.99. The van der Waals surface area contributed by atoms with Crippen LogP contribution < -0.4 is 4.72 Å². The van der Waals surface area contributed by atoms with Gasteiger partial charge in [-0.25, -0.2) is 17.9 Å². The number of rotatable bonds is 22. The summed E-state index contributed by atoms with van der Waals surface area (Å²) < 4.78 is 26.3. The van der Waals surface area contributed by atoms with E-state index in [1.807, 2.05) is 74.5 Å². The first-order valence-electron chi connectivity index (χ1n) is 18.1. The van der Waals surface area contributed by atoms with Crippen molar-refractivity contribution in [3.8, 4) is 0 Å². The lowest BCUT2D eigenvalue weighted by atomic mass is 9.77. The molecule has 9 nitrogen and oxygen atoms in total. The molecule has 0 saturated carbocycles. The molecule has 1 unspecified atom stereocenters. The van der Waals surface area contributed by atoms with Crippen molar-refractivity contribution in [2.24, 2.45) is 11.8 Å². The molecular formula is C39H56N2O7S2. The van der Waals surface area contributed by atoms with E-state index in [2.05, 4.69) is 11.6 Å². The molecule has 0 spiro atoms. The van der Waals surface area contributed by atoms with Gasteiger partial charge in [0, 0.05) is 6.54 Å². The first-order valence-corrected chi connectivity index (χ1v) is 20.6. The summed E-state index contributed by atoms with van der Waals surface area (Å²) in [4.78, 5) is 42.5. The summed E-state index contributed by atoms with van der Waals surface area (Å²) in [5.41, 5.74) is -0.719. The van der Waals surface area contributed by atoms with Crippen molar-refractivity contribution >= 4 is 38.9 Å². The number of nitrogens with one attached hydrogen (secondary N) is 1. The lowest BCUT2D eigenvalue weighted by molar-refractivity contribution is -0.169. The molecule has 0 bridgehead atoms. The van der Waals surface area contributed by atoms with Crippen LogP contribution in [0.5, 0.6) is 0 Å². The van der Waals surface area contributed by atoms with Crippen LogP contribution >= 0.6 is 11.8 Å². The molecule has 2 aromatic carbocycles. The van der Waals surface area contributed by atoms with Gasteiger partial charge in [0.15, 0.2) is 5.60 Å². The number of imide groups is 1. The van der Waals surface area contributed by atoms with Gasteiger partial charge in [0.2, 0.25) is 15.9 Å². The fourth-order valence-electron chi connectivity index (χ4n) is 6.90. The van der Waals surface area contributed by atoms with E-state index >= 15 is 0 Å². The Morgan fingerprint density at radius 3 is 2.04 bits per heavy atom. The van der Waals surface area contributed by atoms with Gasteiger partial charge in [0.1, 0.15) is 0 Å². The lowest BCUT2D eigenvalue weighted by Gasteiger charge is -2.41. The monoisotopic (exact) mass is 728 g/mol. The second kappa shape index (κ2) is 19.6. The van der Waals surface area contributed by atoms with Crippen molar-refractivity contribution in [1.29, 1.82) is 0 Å². The Balaban J connectivity index is 1.81. The highest BCUT2D eigenvalue weighted by atomic mass is 32.2. The molecule has 2 amide bonds. The average Bonchev–Trinajstić information content (AvgIpc) is 3.42. The van der Waals surface area contributed by atoms with Crippen LogP contribution in [0.25, 0.3) is 0 Å². The summed E-state index contributed by atoms with van der Waals surface area (Å²) >= 11 is 1.06. The number of aliphatic carboxylic acids is 1. The van der Waals surface area contributed by atoms with Crippen LogP contribution in [-0.2, 0) is 24.4 Å². The maximum absolute atomic E-state index is 14.6. The Labute approximate surface area is 303 Å². The molecule has 1 heterocycles. The molecule has 3 rings (SSSR count). The number of thioether (sulfide) groups is 1. The molecular weight excluding hydrogens is 673 g/mol. The maximum Gasteiger partial charge on any atom is 0.336 e. The van der Waals surface area contributed by atoms with Gasteiger partial charge in [-0.15, -0.1) is 0 Å². The van der Waals surface area contributed by atoms with Crippen molar-refractivity contribution in [3.63, 3.8) is 0 Å². The van der Waals surface area contributed by atoms with E-state index in [1.165, 1.54) is 11.0 Å². The number of unbranched alkanes of at least 4 members (excludes halogenated alkanes) is 7. The lowest BCUT2D eigenvalue weighted by Crippen LogP contribution is -2.56. The molecule has 50 heavy (non-hydrogen) atoms. The Morgan fingerprint density at radius 1 is 0.920 bits per heavy atom. The third-order valence-corrected chi connectivity index (χ3v) is 12.3. The molecule has 3 N–H and O–H groups in total. The summed E-state index contributed by atoms with van der Waals surface area (Å²) in [5.74, 6) is -3.90. The minimum Gasteiger partial charge on any atom is -0.479 e. The Kier molecular flexibility index (Phi) is 16.2. The molecule has 1 fully saturated rings. The summed E-state index contributed by atoms with van der Waals surface area (Å²) in [6, 6.07) is 18.5. The van der Waals surface area contributed by atoms with E-state index in [1.54, 1.807) is 13.0 Å².